The molecule has 0 bridgehead atoms. The van der Waals surface area contributed by atoms with Crippen LogP contribution >= 0.6 is 27.5 Å². The quantitative estimate of drug-likeness (QED) is 0.601. The highest BCUT2D eigenvalue weighted by atomic mass is 79.9. The number of ketones is 1. The Morgan fingerprint density at radius 2 is 1.82 bits per heavy atom. The molecule has 0 amide bonds. The van der Waals surface area contributed by atoms with Crippen molar-refractivity contribution < 1.29 is 18.0 Å². The Hall–Kier alpha value is -0.550. The maximum atomic E-state index is 12.6. The SMILES string of the molecule is O=C(c1ccccc1)C(Br)C(CCl)C(F)(F)F. The maximum absolute atomic E-state index is 12.6. The van der Waals surface area contributed by atoms with E-state index in [0.717, 1.165) is 0 Å². The van der Waals surface area contributed by atoms with Gasteiger partial charge in [0, 0.05) is 11.4 Å². The topological polar surface area (TPSA) is 17.1 Å². The number of benzene rings is 1. The molecule has 0 aliphatic rings. The third kappa shape index (κ3) is 3.71. The van der Waals surface area contributed by atoms with Gasteiger partial charge in [-0.25, -0.2) is 0 Å². The van der Waals surface area contributed by atoms with Gasteiger partial charge in [-0.15, -0.1) is 11.6 Å². The van der Waals surface area contributed by atoms with Gasteiger partial charge in [0.2, 0.25) is 0 Å². The maximum Gasteiger partial charge on any atom is 0.394 e. The van der Waals surface area contributed by atoms with Crippen LogP contribution in [0.4, 0.5) is 13.2 Å². The van der Waals surface area contributed by atoms with Gasteiger partial charge in [0.25, 0.3) is 0 Å². The Morgan fingerprint density at radius 1 is 1.29 bits per heavy atom. The number of hydrogen-bond acceptors (Lipinski definition) is 1. The number of rotatable bonds is 4. The van der Waals surface area contributed by atoms with Gasteiger partial charge in [-0.1, -0.05) is 46.3 Å². The molecule has 2 atom stereocenters. The highest BCUT2D eigenvalue weighted by molar-refractivity contribution is 9.10. The molecule has 0 spiro atoms. The molecule has 6 heteroatoms. The van der Waals surface area contributed by atoms with Crippen LogP contribution in [0.5, 0.6) is 0 Å². The minimum absolute atomic E-state index is 0.230. The minimum atomic E-state index is -4.50. The van der Waals surface area contributed by atoms with Crippen molar-refractivity contribution in [2.45, 2.75) is 11.0 Å². The number of Topliss-reactive ketones (excluding diaryl/α,β-unsaturated/α-hetero) is 1. The van der Waals surface area contributed by atoms with Crippen LogP contribution in [-0.2, 0) is 0 Å². The lowest BCUT2D eigenvalue weighted by molar-refractivity contribution is -0.165. The second-order valence-electron chi connectivity index (χ2n) is 3.43. The normalized spacial score (nSPS) is 15.4. The molecule has 0 saturated carbocycles. The molecule has 1 rings (SSSR count). The zero-order chi connectivity index (χ0) is 13.1. The zero-order valence-corrected chi connectivity index (χ0v) is 10.9. The van der Waals surface area contributed by atoms with Crippen LogP contribution in [0.3, 0.4) is 0 Å². The van der Waals surface area contributed by atoms with Crippen molar-refractivity contribution in [3.05, 3.63) is 35.9 Å². The molecule has 2 unspecified atom stereocenters. The Balaban J connectivity index is 2.90. The second-order valence-corrected chi connectivity index (χ2v) is 4.73. The smallest absolute Gasteiger partial charge is 0.293 e. The van der Waals surface area contributed by atoms with Crippen molar-refractivity contribution in [1.29, 1.82) is 0 Å². The van der Waals surface area contributed by atoms with Crippen molar-refractivity contribution >= 4 is 33.3 Å². The van der Waals surface area contributed by atoms with E-state index in [1.807, 2.05) is 0 Å². The molecule has 0 radical (unpaired) electrons. The second kappa shape index (κ2) is 5.87. The number of carbonyl (C=O) groups excluding carboxylic acids is 1. The van der Waals surface area contributed by atoms with Crippen LogP contribution in [0.15, 0.2) is 30.3 Å². The predicted molar refractivity (Wildman–Crippen MR) is 63.8 cm³/mol. The molecule has 17 heavy (non-hydrogen) atoms. The van der Waals surface area contributed by atoms with Gasteiger partial charge in [0.05, 0.1) is 10.7 Å². The molecule has 0 fully saturated rings. The average Bonchev–Trinajstić information content (AvgIpc) is 2.28. The molecular weight excluding hydrogens is 320 g/mol. The largest absolute Gasteiger partial charge is 0.394 e. The summed E-state index contributed by atoms with van der Waals surface area (Å²) in [4.78, 5) is 10.4. The van der Waals surface area contributed by atoms with Gasteiger partial charge in [-0.3, -0.25) is 4.79 Å². The first kappa shape index (κ1) is 14.5. The number of hydrogen-bond donors (Lipinski definition) is 0. The van der Waals surface area contributed by atoms with E-state index >= 15 is 0 Å². The highest BCUT2D eigenvalue weighted by Crippen LogP contribution is 2.34. The van der Waals surface area contributed by atoms with E-state index in [4.69, 9.17) is 11.6 Å². The molecular formula is C11H9BrClF3O. The molecule has 1 aromatic carbocycles. The van der Waals surface area contributed by atoms with E-state index in [1.54, 1.807) is 18.2 Å². The summed E-state index contributed by atoms with van der Waals surface area (Å²) in [5, 5.41) is 0. The van der Waals surface area contributed by atoms with E-state index in [0.29, 0.717) is 0 Å². The summed E-state index contributed by atoms with van der Waals surface area (Å²) in [6, 6.07) is 7.81. The molecule has 0 N–H and O–H groups in total. The third-order valence-corrected chi connectivity index (χ3v) is 3.64. The van der Waals surface area contributed by atoms with Crippen molar-refractivity contribution in [1.82, 2.24) is 0 Å². The lowest BCUT2D eigenvalue weighted by atomic mass is 9.99. The molecule has 0 aliphatic heterocycles. The van der Waals surface area contributed by atoms with Gasteiger partial charge >= 0.3 is 6.18 Å². The fourth-order valence-corrected chi connectivity index (χ4v) is 2.60. The number of alkyl halides is 5. The summed E-state index contributed by atoms with van der Waals surface area (Å²) in [7, 11) is 0. The predicted octanol–water partition coefficient (Wildman–Crippen LogP) is 4.05. The van der Waals surface area contributed by atoms with Crippen molar-refractivity contribution in [3.8, 4) is 0 Å². The summed E-state index contributed by atoms with van der Waals surface area (Å²) < 4.78 is 37.7. The van der Waals surface area contributed by atoms with Gasteiger partial charge in [-0.2, -0.15) is 13.2 Å². The van der Waals surface area contributed by atoms with E-state index in [9.17, 15) is 18.0 Å². The van der Waals surface area contributed by atoms with Gasteiger partial charge in [0.1, 0.15) is 0 Å². The lowest BCUT2D eigenvalue weighted by Crippen LogP contribution is -2.36. The van der Waals surface area contributed by atoms with Crippen LogP contribution in [0.1, 0.15) is 10.4 Å². The summed E-state index contributed by atoms with van der Waals surface area (Å²) in [6.45, 7) is 0. The first-order chi connectivity index (χ1) is 7.88. The summed E-state index contributed by atoms with van der Waals surface area (Å²) in [6.07, 6.45) is -4.50. The zero-order valence-electron chi connectivity index (χ0n) is 8.55. The fourth-order valence-electron chi connectivity index (χ4n) is 1.28. The first-order valence-electron chi connectivity index (χ1n) is 4.74. The molecule has 1 nitrogen and oxygen atoms in total. The molecule has 0 aromatic heterocycles. The monoisotopic (exact) mass is 328 g/mol. The lowest BCUT2D eigenvalue weighted by Gasteiger charge is -2.22. The van der Waals surface area contributed by atoms with Crippen molar-refractivity contribution in [2.24, 2.45) is 5.92 Å². The van der Waals surface area contributed by atoms with Gasteiger partial charge in [-0.05, 0) is 0 Å². The highest BCUT2D eigenvalue weighted by Gasteiger charge is 2.45. The average molecular weight is 330 g/mol. The number of carbonyl (C=O) groups is 1. The molecule has 0 heterocycles. The first-order valence-corrected chi connectivity index (χ1v) is 6.19. The Bertz CT molecular complexity index is 380. The van der Waals surface area contributed by atoms with Crippen molar-refractivity contribution in [2.75, 3.05) is 5.88 Å². The Morgan fingerprint density at radius 3 is 2.24 bits per heavy atom. The van der Waals surface area contributed by atoms with Crippen LogP contribution in [0.25, 0.3) is 0 Å². The molecule has 0 aliphatic carbocycles. The standard InChI is InChI=1S/C11H9BrClF3O/c12-9(8(6-13)11(14,15)16)10(17)7-4-2-1-3-5-7/h1-5,8-9H,6H2. The minimum Gasteiger partial charge on any atom is -0.293 e. The Labute approximate surface area is 110 Å². The van der Waals surface area contributed by atoms with Crippen LogP contribution in [-0.4, -0.2) is 22.7 Å². The number of halogens is 5. The van der Waals surface area contributed by atoms with Crippen LogP contribution < -0.4 is 0 Å². The summed E-state index contributed by atoms with van der Waals surface area (Å²) in [5.74, 6) is -3.16. The Kier molecular flexibility index (Phi) is 5.01. The molecule has 0 saturated heterocycles. The summed E-state index contributed by atoms with van der Waals surface area (Å²) in [5.41, 5.74) is 0.230. The van der Waals surface area contributed by atoms with E-state index < -0.39 is 28.6 Å². The van der Waals surface area contributed by atoms with E-state index in [-0.39, 0.29) is 5.56 Å². The van der Waals surface area contributed by atoms with E-state index in [1.165, 1.54) is 12.1 Å². The van der Waals surface area contributed by atoms with Gasteiger partial charge in [0.15, 0.2) is 5.78 Å². The van der Waals surface area contributed by atoms with Crippen molar-refractivity contribution in [3.63, 3.8) is 0 Å². The van der Waals surface area contributed by atoms with Gasteiger partial charge < -0.3 is 0 Å². The molecule has 94 valence electrons. The third-order valence-electron chi connectivity index (χ3n) is 2.25. The van der Waals surface area contributed by atoms with Crippen LogP contribution in [0, 0.1) is 5.92 Å². The molecule has 1 aromatic rings. The van der Waals surface area contributed by atoms with Crippen LogP contribution in [0.2, 0.25) is 0 Å². The summed E-state index contributed by atoms with van der Waals surface area (Å²) >= 11 is 8.06. The van der Waals surface area contributed by atoms with E-state index in [2.05, 4.69) is 15.9 Å². The fraction of sp³-hybridized carbons (Fsp3) is 0.364.